The van der Waals surface area contributed by atoms with Crippen molar-refractivity contribution in [1.29, 1.82) is 0 Å². The summed E-state index contributed by atoms with van der Waals surface area (Å²) in [5, 5.41) is 0. The fourth-order valence-corrected chi connectivity index (χ4v) is 2.74. The van der Waals surface area contributed by atoms with Crippen LogP contribution in [0.1, 0.15) is 36.8 Å². The standard InChI is InChI=1S/C15H20ClN/c1-11-8-15(5-4-13(11)9-16)17(14-6-7-14)10-12-2-3-12/h4-5,8,12,14H,2-3,6-7,9-10H2,1H3. The lowest BCUT2D eigenvalue weighted by molar-refractivity contribution is 0.718. The van der Waals surface area contributed by atoms with Crippen molar-refractivity contribution >= 4 is 17.3 Å². The Bertz CT molecular complexity index is 407. The van der Waals surface area contributed by atoms with E-state index in [1.807, 2.05) is 0 Å². The predicted octanol–water partition coefficient (Wildman–Crippen LogP) is 4.11. The van der Waals surface area contributed by atoms with Gasteiger partial charge in [-0.1, -0.05) is 6.07 Å². The number of nitrogens with zero attached hydrogens (tertiary/aromatic N) is 1. The van der Waals surface area contributed by atoms with Crippen molar-refractivity contribution in [3.63, 3.8) is 0 Å². The Labute approximate surface area is 109 Å². The van der Waals surface area contributed by atoms with Crippen LogP contribution in [0.4, 0.5) is 5.69 Å². The van der Waals surface area contributed by atoms with Crippen LogP contribution in [0.3, 0.4) is 0 Å². The molecule has 2 heteroatoms. The molecule has 0 unspecified atom stereocenters. The Hall–Kier alpha value is -0.690. The Balaban J connectivity index is 1.81. The first-order valence-corrected chi connectivity index (χ1v) is 7.23. The average Bonchev–Trinajstić information content (AvgIpc) is 3.17. The van der Waals surface area contributed by atoms with Gasteiger partial charge in [0.25, 0.3) is 0 Å². The first-order valence-electron chi connectivity index (χ1n) is 6.70. The van der Waals surface area contributed by atoms with Gasteiger partial charge in [-0.3, -0.25) is 0 Å². The molecule has 0 bridgehead atoms. The molecule has 92 valence electrons. The third-order valence-corrected chi connectivity index (χ3v) is 4.23. The summed E-state index contributed by atoms with van der Waals surface area (Å²) >= 11 is 5.92. The van der Waals surface area contributed by atoms with Gasteiger partial charge in [0.2, 0.25) is 0 Å². The molecular formula is C15H20ClN. The molecule has 17 heavy (non-hydrogen) atoms. The van der Waals surface area contributed by atoms with E-state index in [1.165, 1.54) is 49.0 Å². The number of alkyl halides is 1. The van der Waals surface area contributed by atoms with Gasteiger partial charge in [0.15, 0.2) is 0 Å². The van der Waals surface area contributed by atoms with E-state index < -0.39 is 0 Å². The van der Waals surface area contributed by atoms with Crippen LogP contribution in [0.25, 0.3) is 0 Å². The molecule has 2 fully saturated rings. The van der Waals surface area contributed by atoms with Gasteiger partial charge in [0.1, 0.15) is 0 Å². The minimum atomic E-state index is 0.623. The molecule has 1 aromatic carbocycles. The smallest absolute Gasteiger partial charge is 0.0476 e. The first-order chi connectivity index (χ1) is 8.28. The van der Waals surface area contributed by atoms with Crippen molar-refractivity contribution < 1.29 is 0 Å². The van der Waals surface area contributed by atoms with Crippen molar-refractivity contribution in [2.24, 2.45) is 5.92 Å². The lowest BCUT2D eigenvalue weighted by Crippen LogP contribution is -2.28. The summed E-state index contributed by atoms with van der Waals surface area (Å²) in [6.07, 6.45) is 5.62. The number of anilines is 1. The van der Waals surface area contributed by atoms with Gasteiger partial charge in [0, 0.05) is 24.2 Å². The molecule has 0 saturated heterocycles. The van der Waals surface area contributed by atoms with Gasteiger partial charge in [0.05, 0.1) is 0 Å². The molecule has 0 atom stereocenters. The third-order valence-electron chi connectivity index (χ3n) is 3.94. The maximum Gasteiger partial charge on any atom is 0.0476 e. The van der Waals surface area contributed by atoms with Gasteiger partial charge in [-0.2, -0.15) is 0 Å². The van der Waals surface area contributed by atoms with Gasteiger partial charge in [-0.25, -0.2) is 0 Å². The molecule has 1 nitrogen and oxygen atoms in total. The highest BCUT2D eigenvalue weighted by molar-refractivity contribution is 6.17. The van der Waals surface area contributed by atoms with E-state index in [9.17, 15) is 0 Å². The van der Waals surface area contributed by atoms with Gasteiger partial charge < -0.3 is 4.90 Å². The minimum Gasteiger partial charge on any atom is -0.368 e. The van der Waals surface area contributed by atoms with E-state index in [4.69, 9.17) is 11.6 Å². The monoisotopic (exact) mass is 249 g/mol. The lowest BCUT2D eigenvalue weighted by Gasteiger charge is -2.25. The van der Waals surface area contributed by atoms with E-state index in [0.29, 0.717) is 5.88 Å². The van der Waals surface area contributed by atoms with Gasteiger partial charge in [-0.15, -0.1) is 11.6 Å². The minimum absolute atomic E-state index is 0.623. The van der Waals surface area contributed by atoms with Crippen LogP contribution >= 0.6 is 11.6 Å². The molecule has 3 rings (SSSR count). The maximum atomic E-state index is 5.92. The third kappa shape index (κ3) is 2.60. The van der Waals surface area contributed by atoms with Crippen molar-refractivity contribution in [2.75, 3.05) is 11.4 Å². The second-order valence-electron chi connectivity index (χ2n) is 5.57. The number of benzene rings is 1. The highest BCUT2D eigenvalue weighted by atomic mass is 35.5. The molecule has 0 aliphatic heterocycles. The van der Waals surface area contributed by atoms with Crippen molar-refractivity contribution in [3.05, 3.63) is 29.3 Å². The first kappa shape index (κ1) is 11.4. The summed E-state index contributed by atoms with van der Waals surface area (Å²) in [6, 6.07) is 7.58. The van der Waals surface area contributed by atoms with Crippen LogP contribution in [-0.2, 0) is 5.88 Å². The second-order valence-corrected chi connectivity index (χ2v) is 5.84. The number of halogens is 1. The number of hydrogen-bond donors (Lipinski definition) is 0. The summed E-state index contributed by atoms with van der Waals surface area (Å²) in [6.45, 7) is 3.44. The normalized spacial score (nSPS) is 19.4. The van der Waals surface area contributed by atoms with Crippen molar-refractivity contribution in [1.82, 2.24) is 0 Å². The predicted molar refractivity (Wildman–Crippen MR) is 73.8 cm³/mol. The van der Waals surface area contributed by atoms with Crippen LogP contribution in [0.5, 0.6) is 0 Å². The summed E-state index contributed by atoms with van der Waals surface area (Å²) in [4.78, 5) is 2.63. The molecule has 2 aliphatic rings. The molecule has 2 aliphatic carbocycles. The largest absolute Gasteiger partial charge is 0.368 e. The van der Waals surface area contributed by atoms with E-state index in [-0.39, 0.29) is 0 Å². The van der Waals surface area contributed by atoms with Crippen LogP contribution < -0.4 is 4.90 Å². The molecule has 0 aromatic heterocycles. The summed E-state index contributed by atoms with van der Waals surface area (Å²) in [7, 11) is 0. The fourth-order valence-electron chi connectivity index (χ4n) is 2.44. The number of aryl methyl sites for hydroxylation is 1. The molecule has 0 amide bonds. The van der Waals surface area contributed by atoms with Crippen LogP contribution in [-0.4, -0.2) is 12.6 Å². The van der Waals surface area contributed by atoms with E-state index >= 15 is 0 Å². The Morgan fingerprint density at radius 1 is 1.24 bits per heavy atom. The van der Waals surface area contributed by atoms with Crippen LogP contribution in [0, 0.1) is 12.8 Å². The summed E-state index contributed by atoms with van der Waals surface area (Å²) in [5.74, 6) is 1.58. The molecule has 0 radical (unpaired) electrons. The molecule has 0 spiro atoms. The van der Waals surface area contributed by atoms with Crippen LogP contribution in [0.15, 0.2) is 18.2 Å². The average molecular weight is 250 g/mol. The highest BCUT2D eigenvalue weighted by Crippen LogP contribution is 2.38. The molecular weight excluding hydrogens is 230 g/mol. The number of rotatable bonds is 5. The van der Waals surface area contributed by atoms with Gasteiger partial charge >= 0.3 is 0 Å². The van der Waals surface area contributed by atoms with Gasteiger partial charge in [-0.05, 0) is 61.8 Å². The van der Waals surface area contributed by atoms with E-state index in [2.05, 4.69) is 30.0 Å². The Morgan fingerprint density at radius 3 is 2.53 bits per heavy atom. The van der Waals surface area contributed by atoms with E-state index in [0.717, 1.165) is 12.0 Å². The lowest BCUT2D eigenvalue weighted by atomic mass is 10.1. The van der Waals surface area contributed by atoms with Crippen molar-refractivity contribution in [3.8, 4) is 0 Å². The topological polar surface area (TPSA) is 3.24 Å². The second kappa shape index (κ2) is 4.53. The quantitative estimate of drug-likeness (QED) is 0.710. The SMILES string of the molecule is Cc1cc(N(CC2CC2)C2CC2)ccc1CCl. The molecule has 0 heterocycles. The molecule has 2 saturated carbocycles. The summed E-state index contributed by atoms with van der Waals surface area (Å²) in [5.41, 5.74) is 4.00. The van der Waals surface area contributed by atoms with E-state index in [1.54, 1.807) is 0 Å². The Morgan fingerprint density at radius 2 is 2.00 bits per heavy atom. The Kier molecular flexibility index (Phi) is 3.04. The molecule has 1 aromatic rings. The van der Waals surface area contributed by atoms with Crippen molar-refractivity contribution in [2.45, 2.75) is 44.5 Å². The fraction of sp³-hybridized carbons (Fsp3) is 0.600. The summed E-state index contributed by atoms with van der Waals surface area (Å²) < 4.78 is 0. The highest BCUT2D eigenvalue weighted by Gasteiger charge is 2.33. The zero-order chi connectivity index (χ0) is 11.8. The molecule has 0 N–H and O–H groups in total. The van der Waals surface area contributed by atoms with Crippen LogP contribution in [0.2, 0.25) is 0 Å². The zero-order valence-electron chi connectivity index (χ0n) is 10.5. The maximum absolute atomic E-state index is 5.92. The zero-order valence-corrected chi connectivity index (χ0v) is 11.2. The number of hydrogen-bond acceptors (Lipinski definition) is 1.